The van der Waals surface area contributed by atoms with Crippen LogP contribution in [0.2, 0.25) is 0 Å². The van der Waals surface area contributed by atoms with Gasteiger partial charge in [0.1, 0.15) is 6.29 Å². The van der Waals surface area contributed by atoms with Crippen molar-refractivity contribution in [3.05, 3.63) is 54.1 Å². The number of H-pyrrole nitrogens is 1. The Labute approximate surface area is 108 Å². The van der Waals surface area contributed by atoms with Crippen LogP contribution in [0.5, 0.6) is 0 Å². The Balaban J connectivity index is 1.88. The first kappa shape index (κ1) is 11.0. The van der Waals surface area contributed by atoms with Crippen molar-refractivity contribution < 1.29 is 4.79 Å². The molecule has 0 aliphatic rings. The number of fused-ring (bicyclic) bond motifs is 1. The van der Waals surface area contributed by atoms with E-state index in [1.54, 1.807) is 23.9 Å². The number of nitrogens with zero attached hydrogens (tertiary/aromatic N) is 1. The van der Waals surface area contributed by atoms with Crippen LogP contribution in [-0.2, 0) is 0 Å². The first-order chi connectivity index (χ1) is 8.85. The lowest BCUT2D eigenvalue weighted by Gasteiger charge is -1.97. The zero-order valence-corrected chi connectivity index (χ0v) is 10.3. The van der Waals surface area contributed by atoms with Crippen molar-refractivity contribution in [3.8, 4) is 0 Å². The van der Waals surface area contributed by atoms with E-state index in [1.807, 2.05) is 36.4 Å². The number of para-hydroxylation sites is 2. The summed E-state index contributed by atoms with van der Waals surface area (Å²) in [5.41, 5.74) is 2.68. The average molecular weight is 254 g/mol. The molecule has 88 valence electrons. The summed E-state index contributed by atoms with van der Waals surface area (Å²) < 4.78 is 0. The van der Waals surface area contributed by atoms with E-state index >= 15 is 0 Å². The average Bonchev–Trinajstić information content (AvgIpc) is 2.82. The molecule has 4 heteroatoms. The molecule has 1 aromatic heterocycles. The standard InChI is InChI=1S/C14H10N2OS/c17-9-10-5-7-11(8-6-10)18-14-15-12-3-1-2-4-13(12)16-14/h1-9H,(H,15,16). The van der Waals surface area contributed by atoms with Crippen LogP contribution in [0, 0.1) is 0 Å². The van der Waals surface area contributed by atoms with E-state index in [4.69, 9.17) is 0 Å². The van der Waals surface area contributed by atoms with E-state index in [9.17, 15) is 4.79 Å². The van der Waals surface area contributed by atoms with E-state index < -0.39 is 0 Å². The predicted octanol–water partition coefficient (Wildman–Crippen LogP) is 3.53. The van der Waals surface area contributed by atoms with Crippen molar-refractivity contribution in [3.63, 3.8) is 0 Å². The smallest absolute Gasteiger partial charge is 0.171 e. The SMILES string of the molecule is O=Cc1ccc(Sc2nc3ccccc3[nH]2)cc1. The fourth-order valence-corrected chi connectivity index (χ4v) is 2.50. The fraction of sp³-hybridized carbons (Fsp3) is 0. The number of aromatic nitrogens is 2. The molecule has 3 nitrogen and oxygen atoms in total. The van der Waals surface area contributed by atoms with Gasteiger partial charge in [0.15, 0.2) is 5.16 Å². The first-order valence-corrected chi connectivity index (χ1v) is 6.35. The lowest BCUT2D eigenvalue weighted by Crippen LogP contribution is -1.79. The third-order valence-electron chi connectivity index (χ3n) is 2.60. The van der Waals surface area contributed by atoms with E-state index in [2.05, 4.69) is 9.97 Å². The van der Waals surface area contributed by atoms with Gasteiger partial charge in [0, 0.05) is 10.5 Å². The van der Waals surface area contributed by atoms with Crippen LogP contribution in [0.4, 0.5) is 0 Å². The van der Waals surface area contributed by atoms with Crippen LogP contribution >= 0.6 is 11.8 Å². The number of imidazole rings is 1. The minimum Gasteiger partial charge on any atom is -0.333 e. The molecule has 0 saturated carbocycles. The summed E-state index contributed by atoms with van der Waals surface area (Å²) in [4.78, 5) is 19.4. The van der Waals surface area contributed by atoms with Gasteiger partial charge in [-0.1, -0.05) is 36.0 Å². The number of benzene rings is 2. The van der Waals surface area contributed by atoms with Gasteiger partial charge in [-0.15, -0.1) is 0 Å². The molecule has 1 N–H and O–H groups in total. The maximum atomic E-state index is 10.6. The highest BCUT2D eigenvalue weighted by Crippen LogP contribution is 2.27. The van der Waals surface area contributed by atoms with E-state index in [-0.39, 0.29) is 0 Å². The van der Waals surface area contributed by atoms with Crippen LogP contribution in [0.15, 0.2) is 58.6 Å². The molecule has 1 heterocycles. The minimum absolute atomic E-state index is 0.684. The number of aromatic amines is 1. The van der Waals surface area contributed by atoms with Crippen molar-refractivity contribution in [1.29, 1.82) is 0 Å². The summed E-state index contributed by atoms with van der Waals surface area (Å²) in [6.45, 7) is 0. The molecule has 0 aliphatic heterocycles. The Morgan fingerprint density at radius 1 is 1.06 bits per heavy atom. The Hall–Kier alpha value is -2.07. The number of rotatable bonds is 3. The molecule has 0 saturated heterocycles. The second-order valence-corrected chi connectivity index (χ2v) is 4.91. The first-order valence-electron chi connectivity index (χ1n) is 5.53. The second kappa shape index (κ2) is 4.66. The zero-order chi connectivity index (χ0) is 12.4. The largest absolute Gasteiger partial charge is 0.333 e. The molecule has 0 atom stereocenters. The fourth-order valence-electron chi connectivity index (χ4n) is 1.70. The number of aldehydes is 1. The number of hydrogen-bond acceptors (Lipinski definition) is 3. The molecule has 0 unspecified atom stereocenters. The van der Waals surface area contributed by atoms with Crippen molar-refractivity contribution in [2.45, 2.75) is 10.1 Å². The Bertz CT molecular complexity index is 655. The van der Waals surface area contributed by atoms with E-state index in [0.717, 1.165) is 27.4 Å². The molecule has 3 rings (SSSR count). The molecular formula is C14H10N2OS. The van der Waals surface area contributed by atoms with Gasteiger partial charge in [-0.2, -0.15) is 0 Å². The van der Waals surface area contributed by atoms with Crippen molar-refractivity contribution in [1.82, 2.24) is 9.97 Å². The Morgan fingerprint density at radius 3 is 2.56 bits per heavy atom. The normalized spacial score (nSPS) is 10.7. The molecule has 0 radical (unpaired) electrons. The summed E-state index contributed by atoms with van der Waals surface area (Å²) >= 11 is 1.55. The lowest BCUT2D eigenvalue weighted by molar-refractivity contribution is 0.112. The summed E-state index contributed by atoms with van der Waals surface area (Å²) in [6.07, 6.45) is 0.843. The molecule has 0 bridgehead atoms. The lowest BCUT2D eigenvalue weighted by atomic mass is 10.2. The molecule has 3 aromatic rings. The molecule has 2 aromatic carbocycles. The third-order valence-corrected chi connectivity index (χ3v) is 3.49. The molecular weight excluding hydrogens is 244 g/mol. The van der Waals surface area contributed by atoms with Crippen LogP contribution in [-0.4, -0.2) is 16.3 Å². The van der Waals surface area contributed by atoms with E-state index in [1.165, 1.54) is 0 Å². The molecule has 0 aliphatic carbocycles. The quantitative estimate of drug-likeness (QED) is 0.727. The van der Waals surface area contributed by atoms with Gasteiger partial charge in [0.05, 0.1) is 11.0 Å². The molecule has 0 fully saturated rings. The number of nitrogens with one attached hydrogen (secondary N) is 1. The zero-order valence-electron chi connectivity index (χ0n) is 9.46. The van der Waals surface area contributed by atoms with Gasteiger partial charge in [-0.25, -0.2) is 4.98 Å². The van der Waals surface area contributed by atoms with E-state index in [0.29, 0.717) is 5.56 Å². The van der Waals surface area contributed by atoms with Gasteiger partial charge in [0.25, 0.3) is 0 Å². The maximum Gasteiger partial charge on any atom is 0.171 e. The predicted molar refractivity (Wildman–Crippen MR) is 72.0 cm³/mol. The molecule has 0 spiro atoms. The van der Waals surface area contributed by atoms with Crippen LogP contribution in [0.1, 0.15) is 10.4 Å². The number of carbonyl (C=O) groups is 1. The van der Waals surface area contributed by atoms with Gasteiger partial charge >= 0.3 is 0 Å². The monoisotopic (exact) mass is 254 g/mol. The van der Waals surface area contributed by atoms with Crippen molar-refractivity contribution in [2.75, 3.05) is 0 Å². The summed E-state index contributed by atoms with van der Waals surface area (Å²) in [5.74, 6) is 0. The molecule has 18 heavy (non-hydrogen) atoms. The Kier molecular flexibility index (Phi) is 2.86. The summed E-state index contributed by atoms with van der Waals surface area (Å²) in [5, 5.41) is 0.857. The van der Waals surface area contributed by atoms with Crippen molar-refractivity contribution in [2.24, 2.45) is 0 Å². The van der Waals surface area contributed by atoms with Crippen LogP contribution in [0.25, 0.3) is 11.0 Å². The molecule has 0 amide bonds. The Morgan fingerprint density at radius 2 is 1.83 bits per heavy atom. The minimum atomic E-state index is 0.684. The topological polar surface area (TPSA) is 45.8 Å². The number of carbonyl (C=O) groups excluding carboxylic acids is 1. The second-order valence-electron chi connectivity index (χ2n) is 3.85. The van der Waals surface area contributed by atoms with Gasteiger partial charge in [-0.05, 0) is 24.3 Å². The highest BCUT2D eigenvalue weighted by atomic mass is 32.2. The highest BCUT2D eigenvalue weighted by molar-refractivity contribution is 7.99. The highest BCUT2D eigenvalue weighted by Gasteiger charge is 2.03. The van der Waals surface area contributed by atoms with Gasteiger partial charge < -0.3 is 4.98 Å². The van der Waals surface area contributed by atoms with Crippen molar-refractivity contribution >= 4 is 29.1 Å². The maximum absolute atomic E-state index is 10.6. The van der Waals surface area contributed by atoms with Gasteiger partial charge in [-0.3, -0.25) is 4.79 Å². The number of hydrogen-bond donors (Lipinski definition) is 1. The van der Waals surface area contributed by atoms with Crippen LogP contribution < -0.4 is 0 Å². The summed E-state index contributed by atoms with van der Waals surface area (Å²) in [7, 11) is 0. The van der Waals surface area contributed by atoms with Crippen LogP contribution in [0.3, 0.4) is 0 Å². The van der Waals surface area contributed by atoms with Gasteiger partial charge in [0.2, 0.25) is 0 Å². The third kappa shape index (κ3) is 2.15. The summed E-state index contributed by atoms with van der Waals surface area (Å²) in [6, 6.07) is 15.4.